The summed E-state index contributed by atoms with van der Waals surface area (Å²) >= 11 is 0. The number of likely N-dealkylation sites (N-methyl/N-ethyl adjacent to an activating group) is 1. The Labute approximate surface area is 91.6 Å². The zero-order chi connectivity index (χ0) is 11.5. The van der Waals surface area contributed by atoms with E-state index in [1.54, 1.807) is 18.9 Å². The highest BCUT2D eigenvalue weighted by atomic mass is 16.3. The number of carbonyl (C=O) groups is 1. The zero-order valence-electron chi connectivity index (χ0n) is 9.92. The number of aliphatic hydroxyl groups is 1. The number of hydrogen-bond acceptors (Lipinski definition) is 3. The molecule has 0 saturated carbocycles. The first-order chi connectivity index (χ1) is 6.96. The molecule has 0 aliphatic carbocycles. The van der Waals surface area contributed by atoms with Crippen molar-refractivity contribution in [1.29, 1.82) is 0 Å². The van der Waals surface area contributed by atoms with Crippen LogP contribution in [-0.2, 0) is 4.79 Å². The molecule has 1 aliphatic rings. The Morgan fingerprint density at radius 1 is 1.53 bits per heavy atom. The molecule has 4 nitrogen and oxygen atoms in total. The third-order valence-electron chi connectivity index (χ3n) is 3.11. The van der Waals surface area contributed by atoms with Crippen molar-refractivity contribution in [3.63, 3.8) is 0 Å². The van der Waals surface area contributed by atoms with Crippen LogP contribution in [0.5, 0.6) is 0 Å². The molecule has 0 aromatic carbocycles. The summed E-state index contributed by atoms with van der Waals surface area (Å²) in [6.07, 6.45) is 1.32. The largest absolute Gasteiger partial charge is 0.392 e. The molecule has 15 heavy (non-hydrogen) atoms. The minimum absolute atomic E-state index is 0.157. The van der Waals surface area contributed by atoms with Crippen LogP contribution >= 0.6 is 0 Å². The SMILES string of the molecule is CC(O)CN(C)C(=O)C1(C)CCNCC1. The van der Waals surface area contributed by atoms with Crippen LogP contribution in [0.2, 0.25) is 0 Å². The van der Waals surface area contributed by atoms with E-state index in [4.69, 9.17) is 0 Å². The Bertz CT molecular complexity index is 223. The summed E-state index contributed by atoms with van der Waals surface area (Å²) < 4.78 is 0. The number of amides is 1. The van der Waals surface area contributed by atoms with Crippen LogP contribution in [0.4, 0.5) is 0 Å². The van der Waals surface area contributed by atoms with Crippen LogP contribution in [-0.4, -0.2) is 48.7 Å². The van der Waals surface area contributed by atoms with Crippen molar-refractivity contribution in [2.24, 2.45) is 5.41 Å². The van der Waals surface area contributed by atoms with Gasteiger partial charge in [-0.05, 0) is 32.9 Å². The number of carbonyl (C=O) groups excluding carboxylic acids is 1. The van der Waals surface area contributed by atoms with Crippen LogP contribution in [0.3, 0.4) is 0 Å². The lowest BCUT2D eigenvalue weighted by atomic mass is 9.79. The van der Waals surface area contributed by atoms with Crippen LogP contribution < -0.4 is 5.32 Å². The van der Waals surface area contributed by atoms with Crippen molar-refractivity contribution in [3.8, 4) is 0 Å². The summed E-state index contributed by atoms with van der Waals surface area (Å²) in [5, 5.41) is 12.5. The van der Waals surface area contributed by atoms with Gasteiger partial charge in [0.15, 0.2) is 0 Å². The molecular formula is C11H22N2O2. The van der Waals surface area contributed by atoms with Gasteiger partial charge in [-0.15, -0.1) is 0 Å². The highest BCUT2D eigenvalue weighted by Gasteiger charge is 2.36. The molecule has 1 fully saturated rings. The second kappa shape index (κ2) is 4.94. The summed E-state index contributed by atoms with van der Waals surface area (Å²) in [6.45, 7) is 5.96. The van der Waals surface area contributed by atoms with E-state index in [0.717, 1.165) is 25.9 Å². The van der Waals surface area contributed by atoms with E-state index in [1.807, 2.05) is 6.92 Å². The molecule has 1 amide bonds. The van der Waals surface area contributed by atoms with Gasteiger partial charge in [0.1, 0.15) is 0 Å². The summed E-state index contributed by atoms with van der Waals surface area (Å²) in [5.41, 5.74) is -0.241. The van der Waals surface area contributed by atoms with Crippen LogP contribution in [0.1, 0.15) is 26.7 Å². The van der Waals surface area contributed by atoms with Crippen molar-refractivity contribution < 1.29 is 9.90 Å². The lowest BCUT2D eigenvalue weighted by Gasteiger charge is -2.36. The molecule has 4 heteroatoms. The van der Waals surface area contributed by atoms with E-state index < -0.39 is 6.10 Å². The van der Waals surface area contributed by atoms with Gasteiger partial charge in [-0.1, -0.05) is 6.92 Å². The maximum absolute atomic E-state index is 12.1. The van der Waals surface area contributed by atoms with Crippen molar-refractivity contribution in [1.82, 2.24) is 10.2 Å². The maximum atomic E-state index is 12.1. The quantitative estimate of drug-likeness (QED) is 0.706. The third kappa shape index (κ3) is 3.18. The average molecular weight is 214 g/mol. The number of aliphatic hydroxyl groups excluding tert-OH is 1. The molecule has 1 saturated heterocycles. The van der Waals surface area contributed by atoms with Crippen molar-refractivity contribution >= 4 is 5.91 Å². The smallest absolute Gasteiger partial charge is 0.228 e. The molecule has 0 spiro atoms. The second-order valence-corrected chi connectivity index (χ2v) is 4.85. The molecule has 88 valence electrons. The molecule has 1 unspecified atom stereocenters. The van der Waals surface area contributed by atoms with Gasteiger partial charge in [0.25, 0.3) is 0 Å². The molecule has 0 bridgehead atoms. The molecule has 1 aliphatic heterocycles. The predicted molar refractivity (Wildman–Crippen MR) is 59.5 cm³/mol. The van der Waals surface area contributed by atoms with Gasteiger partial charge in [-0.25, -0.2) is 0 Å². The van der Waals surface area contributed by atoms with Crippen molar-refractivity contribution in [2.45, 2.75) is 32.8 Å². The van der Waals surface area contributed by atoms with E-state index in [1.165, 1.54) is 0 Å². The fourth-order valence-electron chi connectivity index (χ4n) is 2.13. The fraction of sp³-hybridized carbons (Fsp3) is 0.909. The Kier molecular flexibility index (Phi) is 4.11. The predicted octanol–water partition coefficient (Wildman–Crippen LogP) is 0.215. The van der Waals surface area contributed by atoms with Crippen LogP contribution in [0.25, 0.3) is 0 Å². The lowest BCUT2D eigenvalue weighted by Crippen LogP contribution is -2.47. The summed E-state index contributed by atoms with van der Waals surface area (Å²) in [4.78, 5) is 13.8. The number of rotatable bonds is 3. The zero-order valence-corrected chi connectivity index (χ0v) is 9.92. The van der Waals surface area contributed by atoms with Crippen LogP contribution in [0, 0.1) is 5.41 Å². The summed E-state index contributed by atoms with van der Waals surface area (Å²) in [6, 6.07) is 0. The lowest BCUT2D eigenvalue weighted by molar-refractivity contribution is -0.142. The highest BCUT2D eigenvalue weighted by Crippen LogP contribution is 2.29. The molecule has 0 aromatic rings. The standard InChI is InChI=1S/C11H22N2O2/c1-9(14)8-13(3)10(15)11(2)4-6-12-7-5-11/h9,12,14H,4-8H2,1-3H3. The van der Waals surface area contributed by atoms with Gasteiger partial charge in [0.05, 0.1) is 6.10 Å². The number of hydrogen-bond donors (Lipinski definition) is 2. The highest BCUT2D eigenvalue weighted by molar-refractivity contribution is 5.82. The van der Waals surface area contributed by atoms with Gasteiger partial charge >= 0.3 is 0 Å². The van der Waals surface area contributed by atoms with Gasteiger partial charge < -0.3 is 15.3 Å². The van der Waals surface area contributed by atoms with Crippen molar-refractivity contribution in [2.75, 3.05) is 26.7 Å². The number of piperidine rings is 1. The molecular weight excluding hydrogens is 192 g/mol. The molecule has 2 N–H and O–H groups in total. The molecule has 1 heterocycles. The fourth-order valence-corrected chi connectivity index (χ4v) is 2.13. The summed E-state index contributed by atoms with van der Waals surface area (Å²) in [7, 11) is 1.77. The van der Waals surface area contributed by atoms with Gasteiger partial charge in [0, 0.05) is 19.0 Å². The first-order valence-corrected chi connectivity index (χ1v) is 5.60. The van der Waals surface area contributed by atoms with E-state index in [2.05, 4.69) is 5.32 Å². The van der Waals surface area contributed by atoms with Gasteiger partial charge in [-0.3, -0.25) is 4.79 Å². The minimum Gasteiger partial charge on any atom is -0.392 e. The average Bonchev–Trinajstić information content (AvgIpc) is 2.16. The second-order valence-electron chi connectivity index (χ2n) is 4.85. The number of nitrogens with one attached hydrogen (secondary N) is 1. The Morgan fingerprint density at radius 3 is 2.53 bits per heavy atom. The molecule has 0 radical (unpaired) electrons. The first-order valence-electron chi connectivity index (χ1n) is 5.60. The Morgan fingerprint density at radius 2 is 2.07 bits per heavy atom. The minimum atomic E-state index is -0.454. The number of nitrogens with zero attached hydrogens (tertiary/aromatic N) is 1. The topological polar surface area (TPSA) is 52.6 Å². The van der Waals surface area contributed by atoms with Crippen molar-refractivity contribution in [3.05, 3.63) is 0 Å². The van der Waals surface area contributed by atoms with E-state index in [-0.39, 0.29) is 11.3 Å². The van der Waals surface area contributed by atoms with E-state index in [0.29, 0.717) is 6.54 Å². The van der Waals surface area contributed by atoms with E-state index >= 15 is 0 Å². The summed E-state index contributed by atoms with van der Waals surface area (Å²) in [5.74, 6) is 0.157. The van der Waals surface area contributed by atoms with E-state index in [9.17, 15) is 9.90 Å². The first kappa shape index (κ1) is 12.5. The molecule has 1 atom stereocenters. The normalized spacial score (nSPS) is 22.1. The van der Waals surface area contributed by atoms with Crippen LogP contribution in [0.15, 0.2) is 0 Å². The monoisotopic (exact) mass is 214 g/mol. The Hall–Kier alpha value is -0.610. The van der Waals surface area contributed by atoms with Gasteiger partial charge in [-0.2, -0.15) is 0 Å². The molecule has 1 rings (SSSR count). The Balaban J connectivity index is 2.57. The maximum Gasteiger partial charge on any atom is 0.228 e. The molecule has 0 aromatic heterocycles. The third-order valence-corrected chi connectivity index (χ3v) is 3.11. The van der Waals surface area contributed by atoms with Gasteiger partial charge in [0.2, 0.25) is 5.91 Å².